The van der Waals surface area contributed by atoms with E-state index in [1.165, 1.54) is 11.8 Å². The van der Waals surface area contributed by atoms with Crippen LogP contribution in [0.1, 0.15) is 10.9 Å². The second-order valence-electron chi connectivity index (χ2n) is 7.41. The minimum absolute atomic E-state index is 0.0293. The van der Waals surface area contributed by atoms with Crippen LogP contribution in [-0.4, -0.2) is 11.7 Å². The van der Waals surface area contributed by atoms with E-state index in [4.69, 9.17) is 51.1 Å². The SMILES string of the molecule is O=C1CSC(c2ccc(Cl)cc2Cl)N1c1ccc(Oc2ccc3ccccc3c2Cl)c(Cl)c1. The number of rotatable bonds is 4. The molecule has 1 atom stereocenters. The molecule has 8 heteroatoms. The maximum Gasteiger partial charge on any atom is 0.238 e. The summed E-state index contributed by atoms with van der Waals surface area (Å²) < 4.78 is 6.03. The van der Waals surface area contributed by atoms with Crippen LogP contribution in [-0.2, 0) is 4.79 Å². The van der Waals surface area contributed by atoms with E-state index >= 15 is 0 Å². The van der Waals surface area contributed by atoms with E-state index in [0.29, 0.717) is 43.0 Å². The molecule has 5 rings (SSSR count). The Labute approximate surface area is 215 Å². The van der Waals surface area contributed by atoms with Gasteiger partial charge in [0.1, 0.15) is 16.9 Å². The first kappa shape index (κ1) is 22.7. The van der Waals surface area contributed by atoms with E-state index < -0.39 is 0 Å². The molecule has 4 aromatic carbocycles. The fourth-order valence-electron chi connectivity index (χ4n) is 3.77. The van der Waals surface area contributed by atoms with E-state index in [0.717, 1.165) is 16.3 Å². The Morgan fingerprint density at radius 3 is 2.42 bits per heavy atom. The highest BCUT2D eigenvalue weighted by molar-refractivity contribution is 8.00. The van der Waals surface area contributed by atoms with Gasteiger partial charge in [-0.2, -0.15) is 0 Å². The first-order valence-electron chi connectivity index (χ1n) is 9.95. The molecule has 0 bridgehead atoms. The van der Waals surface area contributed by atoms with Crippen molar-refractivity contribution >= 4 is 80.5 Å². The van der Waals surface area contributed by atoms with Gasteiger partial charge in [-0.25, -0.2) is 0 Å². The highest BCUT2D eigenvalue weighted by Crippen LogP contribution is 2.46. The van der Waals surface area contributed by atoms with Crippen molar-refractivity contribution in [3.63, 3.8) is 0 Å². The number of hydrogen-bond acceptors (Lipinski definition) is 3. The van der Waals surface area contributed by atoms with Gasteiger partial charge in [0.25, 0.3) is 0 Å². The molecule has 0 N–H and O–H groups in total. The van der Waals surface area contributed by atoms with Crippen molar-refractivity contribution < 1.29 is 9.53 Å². The Morgan fingerprint density at radius 1 is 0.848 bits per heavy atom. The summed E-state index contributed by atoms with van der Waals surface area (Å²) in [7, 11) is 0. The Kier molecular flexibility index (Phi) is 6.39. The summed E-state index contributed by atoms with van der Waals surface area (Å²) in [5, 5.41) is 3.57. The normalized spacial score (nSPS) is 15.9. The summed E-state index contributed by atoms with van der Waals surface area (Å²) in [5.74, 6) is 1.26. The van der Waals surface area contributed by atoms with E-state index in [-0.39, 0.29) is 11.3 Å². The topological polar surface area (TPSA) is 29.5 Å². The third kappa shape index (κ3) is 4.39. The Balaban J connectivity index is 1.46. The number of carbonyl (C=O) groups excluding carboxylic acids is 1. The first-order valence-corrected chi connectivity index (χ1v) is 12.5. The molecule has 1 aliphatic rings. The van der Waals surface area contributed by atoms with Crippen molar-refractivity contribution in [1.82, 2.24) is 0 Å². The van der Waals surface area contributed by atoms with Gasteiger partial charge < -0.3 is 4.74 Å². The van der Waals surface area contributed by atoms with Gasteiger partial charge >= 0.3 is 0 Å². The molecule has 0 radical (unpaired) electrons. The van der Waals surface area contributed by atoms with Gasteiger partial charge in [-0.05, 0) is 41.8 Å². The van der Waals surface area contributed by atoms with Crippen LogP contribution in [0.5, 0.6) is 11.5 Å². The lowest BCUT2D eigenvalue weighted by Gasteiger charge is -2.25. The summed E-state index contributed by atoms with van der Waals surface area (Å²) in [5.41, 5.74) is 1.47. The summed E-state index contributed by atoms with van der Waals surface area (Å²) in [6.45, 7) is 0. The number of thioether (sulfide) groups is 1. The van der Waals surface area contributed by atoms with Gasteiger partial charge in [0.05, 0.1) is 15.8 Å². The van der Waals surface area contributed by atoms with Crippen LogP contribution in [0.4, 0.5) is 5.69 Å². The van der Waals surface area contributed by atoms with Crippen LogP contribution in [0.25, 0.3) is 10.8 Å². The molecule has 166 valence electrons. The van der Waals surface area contributed by atoms with Crippen LogP contribution >= 0.6 is 58.2 Å². The molecule has 4 aromatic rings. The molecule has 0 aliphatic carbocycles. The maximum absolute atomic E-state index is 12.7. The van der Waals surface area contributed by atoms with Crippen molar-refractivity contribution in [2.75, 3.05) is 10.7 Å². The summed E-state index contributed by atoms with van der Waals surface area (Å²) in [6.07, 6.45) is 0. The quantitative estimate of drug-likeness (QED) is 0.261. The number of amides is 1. The number of anilines is 1. The molecular weight excluding hydrogens is 520 g/mol. The monoisotopic (exact) mass is 533 g/mol. The molecule has 1 aliphatic heterocycles. The van der Waals surface area contributed by atoms with Crippen molar-refractivity contribution in [3.8, 4) is 11.5 Å². The maximum atomic E-state index is 12.7. The summed E-state index contributed by atoms with van der Waals surface area (Å²) >= 11 is 27.1. The van der Waals surface area contributed by atoms with Gasteiger partial charge in [0.15, 0.2) is 0 Å². The predicted octanol–water partition coefficient (Wildman–Crippen LogP) is 9.02. The molecule has 1 saturated heterocycles. The van der Waals surface area contributed by atoms with Crippen molar-refractivity contribution in [1.29, 1.82) is 0 Å². The fourth-order valence-corrected chi connectivity index (χ4v) is 6.04. The Bertz CT molecular complexity index is 1390. The van der Waals surface area contributed by atoms with Crippen LogP contribution in [0.15, 0.2) is 72.8 Å². The lowest BCUT2D eigenvalue weighted by Crippen LogP contribution is -2.27. The standard InChI is InChI=1S/C25H15Cl4NO2S/c26-15-6-8-18(19(27)11-15)25-30(23(31)13-33-25)16-7-10-21(20(28)12-16)32-22-9-5-14-3-1-2-4-17(14)24(22)29/h1-12,25H,13H2. The molecule has 1 unspecified atom stereocenters. The smallest absolute Gasteiger partial charge is 0.238 e. The zero-order valence-corrected chi connectivity index (χ0v) is 20.7. The zero-order valence-electron chi connectivity index (χ0n) is 16.9. The van der Waals surface area contributed by atoms with Gasteiger partial charge in [-0.15, -0.1) is 11.8 Å². The molecular formula is C25H15Cl4NO2S. The number of ether oxygens (including phenoxy) is 1. The Hall–Kier alpha value is -2.08. The molecule has 1 amide bonds. The van der Waals surface area contributed by atoms with Crippen molar-refractivity contribution in [3.05, 3.63) is 98.5 Å². The van der Waals surface area contributed by atoms with Crippen molar-refractivity contribution in [2.24, 2.45) is 0 Å². The van der Waals surface area contributed by atoms with Gasteiger partial charge in [-0.1, -0.05) is 82.8 Å². The van der Waals surface area contributed by atoms with E-state index in [1.54, 1.807) is 35.2 Å². The highest BCUT2D eigenvalue weighted by atomic mass is 35.5. The Morgan fingerprint density at radius 2 is 1.64 bits per heavy atom. The van der Waals surface area contributed by atoms with E-state index in [9.17, 15) is 4.79 Å². The fraction of sp³-hybridized carbons (Fsp3) is 0.0800. The lowest BCUT2D eigenvalue weighted by molar-refractivity contribution is -0.115. The highest BCUT2D eigenvalue weighted by Gasteiger charge is 2.35. The summed E-state index contributed by atoms with van der Waals surface area (Å²) in [4.78, 5) is 14.4. The summed E-state index contributed by atoms with van der Waals surface area (Å²) in [6, 6.07) is 22.1. The average Bonchev–Trinajstić information content (AvgIpc) is 3.18. The molecule has 0 saturated carbocycles. The van der Waals surface area contributed by atoms with Gasteiger partial charge in [0, 0.05) is 26.7 Å². The average molecular weight is 535 g/mol. The van der Waals surface area contributed by atoms with Gasteiger partial charge in [0.2, 0.25) is 5.91 Å². The second kappa shape index (κ2) is 9.28. The second-order valence-corrected chi connectivity index (χ2v) is 10.1. The van der Waals surface area contributed by atoms with E-state index in [2.05, 4.69) is 0 Å². The first-order chi connectivity index (χ1) is 15.9. The minimum Gasteiger partial charge on any atom is -0.454 e. The number of carbonyl (C=O) groups is 1. The number of halogens is 4. The predicted molar refractivity (Wildman–Crippen MR) is 140 cm³/mol. The van der Waals surface area contributed by atoms with Crippen LogP contribution < -0.4 is 9.64 Å². The minimum atomic E-state index is -0.278. The van der Waals surface area contributed by atoms with Gasteiger partial charge in [-0.3, -0.25) is 9.69 Å². The van der Waals surface area contributed by atoms with Crippen LogP contribution in [0.2, 0.25) is 20.1 Å². The number of fused-ring (bicyclic) bond motifs is 1. The zero-order chi connectivity index (χ0) is 23.1. The molecule has 33 heavy (non-hydrogen) atoms. The van der Waals surface area contributed by atoms with Crippen molar-refractivity contribution in [2.45, 2.75) is 5.37 Å². The number of nitrogens with zero attached hydrogens (tertiary/aromatic N) is 1. The number of hydrogen-bond donors (Lipinski definition) is 0. The molecule has 1 fully saturated rings. The number of benzene rings is 4. The van der Waals surface area contributed by atoms with E-state index in [1.807, 2.05) is 42.5 Å². The molecule has 0 spiro atoms. The van der Waals surface area contributed by atoms with Crippen LogP contribution in [0, 0.1) is 0 Å². The largest absolute Gasteiger partial charge is 0.454 e. The molecule has 3 nitrogen and oxygen atoms in total. The van der Waals surface area contributed by atoms with Crippen LogP contribution in [0.3, 0.4) is 0 Å². The third-order valence-electron chi connectivity index (χ3n) is 5.34. The third-order valence-corrected chi connectivity index (χ3v) is 7.78. The lowest BCUT2D eigenvalue weighted by atomic mass is 10.1. The molecule has 0 aromatic heterocycles. The molecule has 1 heterocycles.